The molecular weight excluding hydrogens is 512 g/mol. The third-order valence-corrected chi connectivity index (χ3v) is 9.16. The van der Waals surface area contributed by atoms with Crippen molar-refractivity contribution in [3.63, 3.8) is 0 Å². The van der Waals surface area contributed by atoms with Gasteiger partial charge in [0, 0.05) is 31.1 Å². The molecule has 214 valence electrons. The Kier molecular flexibility index (Phi) is 7.73. The van der Waals surface area contributed by atoms with Crippen LogP contribution in [0.2, 0.25) is 0 Å². The first-order valence-corrected chi connectivity index (χ1v) is 14.5. The van der Waals surface area contributed by atoms with Crippen molar-refractivity contribution in [1.82, 2.24) is 19.9 Å². The lowest BCUT2D eigenvalue weighted by atomic mass is 9.78. The Bertz CT molecular complexity index is 1640. The predicted octanol–water partition coefficient (Wildman–Crippen LogP) is 6.13. The molecule has 5 rings (SSSR count). The molecule has 0 fully saturated rings. The first kappa shape index (κ1) is 28.5. The van der Waals surface area contributed by atoms with Crippen LogP contribution in [0.5, 0.6) is 0 Å². The fourth-order valence-electron chi connectivity index (χ4n) is 6.45. The number of ether oxygens (including phenoxy) is 1. The summed E-state index contributed by atoms with van der Waals surface area (Å²) < 4.78 is 7.10. The molecule has 1 aromatic heterocycles. The summed E-state index contributed by atoms with van der Waals surface area (Å²) >= 11 is 0. The summed E-state index contributed by atoms with van der Waals surface area (Å²) in [5, 5.41) is 8.77. The quantitative estimate of drug-likeness (QED) is 0.269. The second-order valence-corrected chi connectivity index (χ2v) is 11.5. The zero-order valence-electron chi connectivity index (χ0n) is 25.5. The number of fused-ring (bicyclic) bond motifs is 2. The summed E-state index contributed by atoms with van der Waals surface area (Å²) in [6.07, 6.45) is 0.798. The van der Waals surface area contributed by atoms with Gasteiger partial charge in [0.2, 0.25) is 0 Å². The molecule has 7 nitrogen and oxygen atoms in total. The van der Waals surface area contributed by atoms with Gasteiger partial charge in [0.15, 0.2) is 0 Å². The van der Waals surface area contributed by atoms with Crippen LogP contribution >= 0.6 is 0 Å². The standard InChI is InChI=1S/C34H40N4O3/c1-9-38-29-13-12-28(23(6)32(29)35-36-38)31(24(7)34(40)41-8)26-11-10-25-14-15-37(18-27(25)17-26)33(39)30-21(4)19(2)16-20(3)22(30)5/h10-13,16-17,24,31H,9,14-15,18H2,1-8H3/t24?,31-/m0/s1. The van der Waals surface area contributed by atoms with Crippen LogP contribution in [0.1, 0.15) is 80.2 Å². The number of carbonyl (C=O) groups is 2. The minimum absolute atomic E-state index is 0.0858. The van der Waals surface area contributed by atoms with Crippen molar-refractivity contribution in [2.75, 3.05) is 13.7 Å². The molecule has 0 saturated heterocycles. The van der Waals surface area contributed by atoms with Crippen LogP contribution in [-0.4, -0.2) is 45.4 Å². The van der Waals surface area contributed by atoms with E-state index in [1.165, 1.54) is 12.7 Å². The van der Waals surface area contributed by atoms with Crippen LogP contribution < -0.4 is 0 Å². The molecule has 2 heterocycles. The van der Waals surface area contributed by atoms with Gasteiger partial charge in [-0.1, -0.05) is 42.5 Å². The van der Waals surface area contributed by atoms with E-state index in [0.717, 1.165) is 74.1 Å². The van der Waals surface area contributed by atoms with Crippen molar-refractivity contribution in [2.24, 2.45) is 5.92 Å². The van der Waals surface area contributed by atoms with Crippen LogP contribution in [0.25, 0.3) is 11.0 Å². The number of aromatic nitrogens is 3. The van der Waals surface area contributed by atoms with Gasteiger partial charge >= 0.3 is 5.97 Å². The number of methoxy groups -OCH3 is 1. The second-order valence-electron chi connectivity index (χ2n) is 11.5. The molecule has 1 amide bonds. The summed E-state index contributed by atoms with van der Waals surface area (Å²) in [5.74, 6) is -0.833. The Morgan fingerprint density at radius 3 is 2.32 bits per heavy atom. The smallest absolute Gasteiger partial charge is 0.309 e. The lowest BCUT2D eigenvalue weighted by molar-refractivity contribution is -0.145. The predicted molar refractivity (Wildman–Crippen MR) is 161 cm³/mol. The lowest BCUT2D eigenvalue weighted by Gasteiger charge is -2.32. The van der Waals surface area contributed by atoms with Gasteiger partial charge in [-0.3, -0.25) is 9.59 Å². The lowest BCUT2D eigenvalue weighted by Crippen LogP contribution is -2.37. The van der Waals surface area contributed by atoms with E-state index in [4.69, 9.17) is 4.74 Å². The van der Waals surface area contributed by atoms with Crippen LogP contribution in [0, 0.1) is 40.5 Å². The van der Waals surface area contributed by atoms with Gasteiger partial charge in [0.05, 0.1) is 18.5 Å². The third-order valence-electron chi connectivity index (χ3n) is 9.16. The zero-order valence-corrected chi connectivity index (χ0v) is 25.5. The highest BCUT2D eigenvalue weighted by Crippen LogP contribution is 2.38. The number of aryl methyl sites for hydroxylation is 4. The van der Waals surface area contributed by atoms with Gasteiger partial charge in [-0.05, 0) is 104 Å². The summed E-state index contributed by atoms with van der Waals surface area (Å²) in [6, 6.07) is 12.8. The number of amides is 1. The highest BCUT2D eigenvalue weighted by Gasteiger charge is 2.32. The molecule has 0 aliphatic carbocycles. The number of hydrogen-bond donors (Lipinski definition) is 0. The van der Waals surface area contributed by atoms with E-state index in [0.29, 0.717) is 13.1 Å². The van der Waals surface area contributed by atoms with E-state index < -0.39 is 5.92 Å². The molecular formula is C34H40N4O3. The maximum Gasteiger partial charge on any atom is 0.309 e. The molecule has 3 aromatic carbocycles. The van der Waals surface area contributed by atoms with E-state index in [-0.39, 0.29) is 17.8 Å². The summed E-state index contributed by atoms with van der Waals surface area (Å²) in [7, 11) is 1.44. The van der Waals surface area contributed by atoms with Gasteiger partial charge in [-0.2, -0.15) is 0 Å². The maximum absolute atomic E-state index is 13.9. The van der Waals surface area contributed by atoms with E-state index in [2.05, 4.69) is 61.4 Å². The molecule has 0 N–H and O–H groups in total. The van der Waals surface area contributed by atoms with Gasteiger partial charge in [0.1, 0.15) is 5.52 Å². The molecule has 1 unspecified atom stereocenters. The Labute approximate surface area is 242 Å². The average Bonchev–Trinajstić information content (AvgIpc) is 3.40. The molecule has 0 saturated carbocycles. The van der Waals surface area contributed by atoms with Crippen LogP contribution in [-0.2, 0) is 29.0 Å². The van der Waals surface area contributed by atoms with Gasteiger partial charge in [-0.15, -0.1) is 5.10 Å². The molecule has 4 aromatic rings. The molecule has 1 aliphatic heterocycles. The Morgan fingerprint density at radius 1 is 0.951 bits per heavy atom. The van der Waals surface area contributed by atoms with Crippen molar-refractivity contribution < 1.29 is 14.3 Å². The first-order chi connectivity index (χ1) is 19.6. The number of nitrogens with zero attached hydrogens (tertiary/aromatic N) is 4. The second kappa shape index (κ2) is 11.1. The van der Waals surface area contributed by atoms with Gasteiger partial charge in [-0.25, -0.2) is 4.68 Å². The normalized spacial score (nSPS) is 14.6. The number of esters is 1. The fraction of sp³-hybridized carbons (Fsp3) is 0.412. The van der Waals surface area contributed by atoms with E-state index >= 15 is 0 Å². The molecule has 2 atom stereocenters. The molecule has 0 bridgehead atoms. The zero-order chi connectivity index (χ0) is 29.6. The fourth-order valence-corrected chi connectivity index (χ4v) is 6.45. The van der Waals surface area contributed by atoms with Gasteiger partial charge < -0.3 is 9.64 Å². The molecule has 7 heteroatoms. The van der Waals surface area contributed by atoms with E-state index in [9.17, 15) is 9.59 Å². The SMILES string of the molecule is CCn1nnc2c(C)c([C@H](c3ccc4c(c3)CN(C(=O)c3c(C)c(C)cc(C)c3C)CC4)C(C)C(=O)OC)ccc21. The molecule has 1 aliphatic rings. The largest absolute Gasteiger partial charge is 0.469 e. The molecule has 0 radical (unpaired) electrons. The summed E-state index contributed by atoms with van der Waals surface area (Å²) in [4.78, 5) is 28.8. The van der Waals surface area contributed by atoms with Crippen LogP contribution in [0.4, 0.5) is 0 Å². The number of carbonyl (C=O) groups excluding carboxylic acids is 2. The Morgan fingerprint density at radius 2 is 1.66 bits per heavy atom. The van der Waals surface area contributed by atoms with E-state index in [1.807, 2.05) is 43.3 Å². The third kappa shape index (κ3) is 4.92. The van der Waals surface area contributed by atoms with Crippen molar-refractivity contribution in [3.05, 3.63) is 92.0 Å². The van der Waals surface area contributed by atoms with Crippen molar-refractivity contribution in [1.29, 1.82) is 0 Å². The Balaban J connectivity index is 1.55. The number of rotatable bonds is 6. The summed E-state index contributed by atoms with van der Waals surface area (Å²) in [6.45, 7) is 16.2. The minimum Gasteiger partial charge on any atom is -0.469 e. The Hall–Kier alpha value is -4.00. The van der Waals surface area contributed by atoms with Crippen LogP contribution in [0.15, 0.2) is 36.4 Å². The van der Waals surface area contributed by atoms with Gasteiger partial charge in [0.25, 0.3) is 5.91 Å². The number of hydrogen-bond acceptors (Lipinski definition) is 5. The van der Waals surface area contributed by atoms with Crippen LogP contribution in [0.3, 0.4) is 0 Å². The molecule has 0 spiro atoms. The molecule has 41 heavy (non-hydrogen) atoms. The monoisotopic (exact) mass is 552 g/mol. The topological polar surface area (TPSA) is 77.3 Å². The maximum atomic E-state index is 13.9. The van der Waals surface area contributed by atoms with Crippen molar-refractivity contribution in [3.8, 4) is 0 Å². The van der Waals surface area contributed by atoms with E-state index in [1.54, 1.807) is 0 Å². The highest BCUT2D eigenvalue weighted by molar-refractivity contribution is 5.98. The van der Waals surface area contributed by atoms with Crippen molar-refractivity contribution >= 4 is 22.9 Å². The van der Waals surface area contributed by atoms with Crippen molar-refractivity contribution in [2.45, 2.75) is 73.9 Å². The first-order valence-electron chi connectivity index (χ1n) is 14.5. The highest BCUT2D eigenvalue weighted by atomic mass is 16.5. The summed E-state index contributed by atoms with van der Waals surface area (Å²) in [5.41, 5.74) is 12.5. The number of benzene rings is 3. The minimum atomic E-state index is -0.419. The average molecular weight is 553 g/mol.